The van der Waals surface area contributed by atoms with Crippen molar-refractivity contribution in [2.75, 3.05) is 6.61 Å². The molecule has 0 fully saturated rings. The van der Waals surface area contributed by atoms with E-state index < -0.39 is 5.97 Å². The first kappa shape index (κ1) is 14.3. The topological polar surface area (TPSA) is 50.1 Å². The highest BCUT2D eigenvalue weighted by atomic mass is 35.5. The Bertz CT molecular complexity index is 544. The lowest BCUT2D eigenvalue weighted by molar-refractivity contribution is -0.137. The van der Waals surface area contributed by atoms with Crippen LogP contribution in [0.2, 0.25) is 10.0 Å². The lowest BCUT2D eigenvalue weighted by Crippen LogP contribution is -2.06. The SMILES string of the molecule is C=CCOC(=O)C(C#N)=Cc1ccc(Cl)c(Cl)c1. The van der Waals surface area contributed by atoms with E-state index in [1.165, 1.54) is 12.2 Å². The van der Waals surface area contributed by atoms with Crippen LogP contribution in [0.25, 0.3) is 6.08 Å². The zero-order valence-corrected chi connectivity index (χ0v) is 10.8. The van der Waals surface area contributed by atoms with E-state index in [1.54, 1.807) is 24.3 Å². The second-order valence-corrected chi connectivity index (χ2v) is 4.04. The number of carbonyl (C=O) groups excluding carboxylic acids is 1. The monoisotopic (exact) mass is 281 g/mol. The van der Waals surface area contributed by atoms with Crippen LogP contribution in [-0.2, 0) is 9.53 Å². The molecule has 0 aliphatic rings. The predicted molar refractivity (Wildman–Crippen MR) is 71.2 cm³/mol. The van der Waals surface area contributed by atoms with Crippen LogP contribution in [0.15, 0.2) is 36.4 Å². The van der Waals surface area contributed by atoms with Crippen molar-refractivity contribution in [1.29, 1.82) is 5.26 Å². The fourth-order valence-corrected chi connectivity index (χ4v) is 1.42. The van der Waals surface area contributed by atoms with Crippen molar-refractivity contribution >= 4 is 35.2 Å². The van der Waals surface area contributed by atoms with Gasteiger partial charge in [0.05, 0.1) is 10.0 Å². The van der Waals surface area contributed by atoms with Gasteiger partial charge < -0.3 is 4.74 Å². The molecule has 0 aliphatic heterocycles. The molecule has 0 amide bonds. The van der Waals surface area contributed by atoms with E-state index in [-0.39, 0.29) is 12.2 Å². The molecule has 0 bridgehead atoms. The summed E-state index contributed by atoms with van der Waals surface area (Å²) in [6.45, 7) is 3.47. The highest BCUT2D eigenvalue weighted by Crippen LogP contribution is 2.23. The zero-order chi connectivity index (χ0) is 13.5. The van der Waals surface area contributed by atoms with Crippen LogP contribution in [0.3, 0.4) is 0 Å². The van der Waals surface area contributed by atoms with E-state index in [0.717, 1.165) is 0 Å². The molecule has 1 aromatic carbocycles. The maximum absolute atomic E-state index is 11.5. The number of hydrogen-bond donors (Lipinski definition) is 0. The Morgan fingerprint density at radius 3 is 2.72 bits per heavy atom. The molecule has 92 valence electrons. The van der Waals surface area contributed by atoms with Gasteiger partial charge in [0.1, 0.15) is 18.2 Å². The molecule has 3 nitrogen and oxygen atoms in total. The summed E-state index contributed by atoms with van der Waals surface area (Å²) in [6.07, 6.45) is 2.81. The van der Waals surface area contributed by atoms with Gasteiger partial charge in [-0.1, -0.05) is 41.9 Å². The summed E-state index contributed by atoms with van der Waals surface area (Å²) in [5.41, 5.74) is 0.478. The number of benzene rings is 1. The molecule has 0 saturated heterocycles. The fourth-order valence-electron chi connectivity index (χ4n) is 1.12. The molecule has 0 spiro atoms. The third-order valence-corrected chi connectivity index (χ3v) is 2.67. The maximum atomic E-state index is 11.5. The minimum atomic E-state index is -0.705. The molecule has 0 atom stereocenters. The fraction of sp³-hybridized carbons (Fsp3) is 0.0769. The number of ether oxygens (including phenoxy) is 1. The van der Waals surface area contributed by atoms with Crippen molar-refractivity contribution in [1.82, 2.24) is 0 Å². The number of nitriles is 1. The van der Waals surface area contributed by atoms with Crippen LogP contribution in [0, 0.1) is 11.3 Å². The van der Waals surface area contributed by atoms with Crippen LogP contribution >= 0.6 is 23.2 Å². The standard InChI is InChI=1S/C13H9Cl2NO2/c1-2-5-18-13(17)10(8-16)6-9-3-4-11(14)12(15)7-9/h2-4,6-7H,1,5H2. The average Bonchev–Trinajstić information content (AvgIpc) is 2.37. The van der Waals surface area contributed by atoms with Gasteiger partial charge in [0.15, 0.2) is 0 Å². The summed E-state index contributed by atoms with van der Waals surface area (Å²) in [6, 6.07) is 6.56. The van der Waals surface area contributed by atoms with E-state index in [4.69, 9.17) is 33.2 Å². The van der Waals surface area contributed by atoms with Crippen molar-refractivity contribution < 1.29 is 9.53 Å². The van der Waals surface area contributed by atoms with Gasteiger partial charge >= 0.3 is 5.97 Å². The van der Waals surface area contributed by atoms with Gasteiger partial charge in [-0.05, 0) is 23.8 Å². The molecule has 0 unspecified atom stereocenters. The van der Waals surface area contributed by atoms with E-state index in [0.29, 0.717) is 15.6 Å². The Hall–Kier alpha value is -1.76. The predicted octanol–water partition coefficient (Wildman–Crippen LogP) is 3.63. The average molecular weight is 282 g/mol. The summed E-state index contributed by atoms with van der Waals surface area (Å²) in [5, 5.41) is 9.63. The van der Waals surface area contributed by atoms with Gasteiger partial charge in [-0.2, -0.15) is 5.26 Å². The van der Waals surface area contributed by atoms with Gasteiger partial charge in [0, 0.05) is 0 Å². The first-order chi connectivity index (χ1) is 8.58. The lowest BCUT2D eigenvalue weighted by atomic mass is 10.1. The molecule has 0 heterocycles. The summed E-state index contributed by atoms with van der Waals surface area (Å²) in [7, 11) is 0. The molecular weight excluding hydrogens is 273 g/mol. The van der Waals surface area contributed by atoms with Crippen molar-refractivity contribution in [3.8, 4) is 6.07 Å². The molecule has 1 aromatic rings. The molecule has 0 radical (unpaired) electrons. The molecular formula is C13H9Cl2NO2. The first-order valence-electron chi connectivity index (χ1n) is 4.93. The number of halogens is 2. The van der Waals surface area contributed by atoms with Crippen LogP contribution < -0.4 is 0 Å². The van der Waals surface area contributed by atoms with Gasteiger partial charge in [-0.25, -0.2) is 4.79 Å². The Morgan fingerprint density at radius 1 is 1.44 bits per heavy atom. The van der Waals surface area contributed by atoms with Crippen LogP contribution in [0.4, 0.5) is 0 Å². The number of nitrogens with zero attached hydrogens (tertiary/aromatic N) is 1. The van der Waals surface area contributed by atoms with Crippen LogP contribution in [-0.4, -0.2) is 12.6 Å². The molecule has 0 aliphatic carbocycles. The quantitative estimate of drug-likeness (QED) is 0.367. The lowest BCUT2D eigenvalue weighted by Gasteiger charge is -2.01. The Labute approximate surface area is 115 Å². The smallest absolute Gasteiger partial charge is 0.349 e. The third-order valence-electron chi connectivity index (χ3n) is 1.93. The Morgan fingerprint density at radius 2 is 2.17 bits per heavy atom. The Kier molecular flexibility index (Phi) is 5.44. The number of esters is 1. The number of hydrogen-bond acceptors (Lipinski definition) is 3. The first-order valence-corrected chi connectivity index (χ1v) is 5.69. The summed E-state index contributed by atoms with van der Waals surface area (Å²) in [4.78, 5) is 11.5. The van der Waals surface area contributed by atoms with Gasteiger partial charge in [-0.3, -0.25) is 0 Å². The molecule has 1 rings (SSSR count). The molecule has 5 heteroatoms. The summed E-state index contributed by atoms with van der Waals surface area (Å²) < 4.78 is 4.76. The highest BCUT2D eigenvalue weighted by molar-refractivity contribution is 6.42. The third kappa shape index (κ3) is 3.92. The summed E-state index contributed by atoms with van der Waals surface area (Å²) in [5.74, 6) is -0.705. The van der Waals surface area contributed by atoms with Crippen molar-refractivity contribution in [2.24, 2.45) is 0 Å². The minimum absolute atomic E-state index is 0.0548. The molecule has 18 heavy (non-hydrogen) atoms. The van der Waals surface area contributed by atoms with E-state index in [9.17, 15) is 4.79 Å². The van der Waals surface area contributed by atoms with Crippen LogP contribution in [0.1, 0.15) is 5.56 Å². The maximum Gasteiger partial charge on any atom is 0.349 e. The van der Waals surface area contributed by atoms with Gasteiger partial charge in [0.2, 0.25) is 0 Å². The van der Waals surface area contributed by atoms with Crippen molar-refractivity contribution in [3.05, 3.63) is 52.0 Å². The molecule has 0 saturated carbocycles. The number of rotatable bonds is 4. The van der Waals surface area contributed by atoms with Crippen molar-refractivity contribution in [3.63, 3.8) is 0 Å². The normalized spacial score (nSPS) is 10.6. The zero-order valence-electron chi connectivity index (χ0n) is 9.32. The molecule has 0 N–H and O–H groups in total. The van der Waals surface area contributed by atoms with E-state index in [2.05, 4.69) is 6.58 Å². The van der Waals surface area contributed by atoms with E-state index >= 15 is 0 Å². The highest BCUT2D eigenvalue weighted by Gasteiger charge is 2.10. The Balaban J connectivity index is 2.97. The van der Waals surface area contributed by atoms with Crippen molar-refractivity contribution in [2.45, 2.75) is 0 Å². The summed E-state index contributed by atoms with van der Waals surface area (Å²) >= 11 is 11.6. The van der Waals surface area contributed by atoms with E-state index in [1.807, 2.05) is 0 Å². The van der Waals surface area contributed by atoms with Gasteiger partial charge in [0.25, 0.3) is 0 Å². The minimum Gasteiger partial charge on any atom is -0.457 e. The number of carbonyl (C=O) groups is 1. The second kappa shape index (κ2) is 6.85. The van der Waals surface area contributed by atoms with Gasteiger partial charge in [-0.15, -0.1) is 0 Å². The largest absolute Gasteiger partial charge is 0.457 e. The molecule has 0 aromatic heterocycles. The second-order valence-electron chi connectivity index (χ2n) is 3.23. The van der Waals surface area contributed by atoms with Crippen LogP contribution in [0.5, 0.6) is 0 Å².